The van der Waals surface area contributed by atoms with Crippen LogP contribution in [-0.4, -0.2) is 37.6 Å². The molecule has 1 rings (SSSR count). The van der Waals surface area contributed by atoms with Crippen molar-refractivity contribution in [1.82, 2.24) is 4.72 Å². The second-order valence-electron chi connectivity index (χ2n) is 4.21. The zero-order valence-electron chi connectivity index (χ0n) is 9.20. The molecule has 0 spiro atoms. The van der Waals surface area contributed by atoms with Crippen molar-refractivity contribution in [2.75, 3.05) is 6.54 Å². The van der Waals surface area contributed by atoms with E-state index in [9.17, 15) is 21.6 Å². The molecule has 0 aliphatic heterocycles. The quantitative estimate of drug-likeness (QED) is 0.809. The van der Waals surface area contributed by atoms with Crippen molar-refractivity contribution in [3.05, 3.63) is 0 Å². The van der Waals surface area contributed by atoms with Crippen LogP contribution in [0.4, 0.5) is 13.2 Å². The first kappa shape index (κ1) is 14.7. The van der Waals surface area contributed by atoms with Gasteiger partial charge in [0.2, 0.25) is 10.0 Å². The fraction of sp³-hybridized carbons (Fsp3) is 1.00. The van der Waals surface area contributed by atoms with E-state index in [0.717, 1.165) is 19.3 Å². The topological polar surface area (TPSA) is 66.4 Å². The Morgan fingerprint density at radius 2 is 1.76 bits per heavy atom. The molecule has 0 aromatic rings. The van der Waals surface area contributed by atoms with Crippen LogP contribution in [0.2, 0.25) is 0 Å². The minimum absolute atomic E-state index is 0.470. The molecule has 1 atom stereocenters. The van der Waals surface area contributed by atoms with Gasteiger partial charge in [0.15, 0.2) is 6.10 Å². The van der Waals surface area contributed by atoms with Crippen molar-refractivity contribution >= 4 is 10.0 Å². The van der Waals surface area contributed by atoms with Gasteiger partial charge in [0, 0.05) is 6.54 Å². The Labute approximate surface area is 98.3 Å². The third-order valence-corrected chi connectivity index (χ3v) is 4.76. The predicted molar refractivity (Wildman–Crippen MR) is 55.9 cm³/mol. The summed E-state index contributed by atoms with van der Waals surface area (Å²) in [5, 5.41) is 8.07. The molecule has 17 heavy (non-hydrogen) atoms. The summed E-state index contributed by atoms with van der Waals surface area (Å²) in [4.78, 5) is 0. The lowest BCUT2D eigenvalue weighted by atomic mass is 10.0. The summed E-state index contributed by atoms with van der Waals surface area (Å²) in [6.45, 7) is -1.01. The molecule has 0 radical (unpaired) electrons. The lowest BCUT2D eigenvalue weighted by Crippen LogP contribution is -2.44. The van der Waals surface area contributed by atoms with Gasteiger partial charge in [-0.2, -0.15) is 13.2 Å². The molecule has 2 N–H and O–H groups in total. The second-order valence-corrected chi connectivity index (χ2v) is 6.26. The molecule has 4 nitrogen and oxygen atoms in total. The van der Waals surface area contributed by atoms with E-state index in [1.54, 1.807) is 0 Å². The lowest BCUT2D eigenvalue weighted by molar-refractivity contribution is -0.200. The van der Waals surface area contributed by atoms with E-state index in [-0.39, 0.29) is 0 Å². The van der Waals surface area contributed by atoms with Gasteiger partial charge < -0.3 is 5.11 Å². The molecule has 8 heteroatoms. The predicted octanol–water partition coefficient (Wildman–Crippen LogP) is 1.16. The minimum Gasteiger partial charge on any atom is -0.382 e. The number of alkyl halides is 3. The average molecular weight is 275 g/mol. The summed E-state index contributed by atoms with van der Waals surface area (Å²) in [5.41, 5.74) is 0. The fourth-order valence-electron chi connectivity index (χ4n) is 1.80. The first-order valence-corrected chi connectivity index (χ1v) is 7.01. The van der Waals surface area contributed by atoms with Gasteiger partial charge in [-0.3, -0.25) is 0 Å². The van der Waals surface area contributed by atoms with Gasteiger partial charge in [0.1, 0.15) is 0 Å². The number of rotatable bonds is 4. The SMILES string of the molecule is O=S(=O)(NCC(O)C(F)(F)F)C1CCCCC1. The molecular formula is C9H16F3NO3S. The van der Waals surface area contributed by atoms with Gasteiger partial charge >= 0.3 is 6.18 Å². The number of aliphatic hydroxyl groups is 1. The zero-order valence-corrected chi connectivity index (χ0v) is 10.0. The Balaban J connectivity index is 2.49. The Morgan fingerprint density at radius 1 is 1.24 bits per heavy atom. The Morgan fingerprint density at radius 3 is 2.24 bits per heavy atom. The number of aliphatic hydroxyl groups excluding tert-OH is 1. The van der Waals surface area contributed by atoms with Crippen molar-refractivity contribution < 1.29 is 26.7 Å². The second kappa shape index (κ2) is 5.53. The largest absolute Gasteiger partial charge is 0.415 e. The normalized spacial score (nSPS) is 21.4. The summed E-state index contributed by atoms with van der Waals surface area (Å²) in [5.74, 6) is 0. The number of sulfonamides is 1. The third-order valence-electron chi connectivity index (χ3n) is 2.85. The Bertz CT molecular complexity index is 336. The van der Waals surface area contributed by atoms with Crippen LogP contribution in [0.5, 0.6) is 0 Å². The molecular weight excluding hydrogens is 259 g/mol. The summed E-state index contributed by atoms with van der Waals surface area (Å²) in [6.07, 6.45) is -4.01. The monoisotopic (exact) mass is 275 g/mol. The lowest BCUT2D eigenvalue weighted by Gasteiger charge is -2.23. The number of hydrogen-bond donors (Lipinski definition) is 2. The van der Waals surface area contributed by atoms with E-state index in [1.807, 2.05) is 4.72 Å². The molecule has 1 unspecified atom stereocenters. The van der Waals surface area contributed by atoms with Gasteiger partial charge in [-0.15, -0.1) is 0 Å². The van der Waals surface area contributed by atoms with Gasteiger partial charge in [0.05, 0.1) is 5.25 Å². The zero-order chi connectivity index (χ0) is 13.1. The van der Waals surface area contributed by atoms with E-state index < -0.39 is 34.1 Å². The minimum atomic E-state index is -4.80. The molecule has 1 aliphatic rings. The standard InChI is InChI=1S/C9H16F3NO3S/c10-9(11,12)8(14)6-13-17(15,16)7-4-2-1-3-5-7/h7-8,13-14H,1-6H2. The highest BCUT2D eigenvalue weighted by Gasteiger charge is 2.39. The maximum absolute atomic E-state index is 12.0. The highest BCUT2D eigenvalue weighted by atomic mass is 32.2. The van der Waals surface area contributed by atoms with Crippen LogP contribution in [-0.2, 0) is 10.0 Å². The molecule has 0 amide bonds. The summed E-state index contributed by atoms with van der Waals surface area (Å²) in [7, 11) is -3.75. The van der Waals surface area contributed by atoms with Crippen LogP contribution in [0.3, 0.4) is 0 Å². The molecule has 1 saturated carbocycles. The molecule has 102 valence electrons. The number of halogens is 3. The molecule has 0 heterocycles. The molecule has 0 bridgehead atoms. The Kier molecular flexibility index (Phi) is 4.79. The van der Waals surface area contributed by atoms with Crippen LogP contribution in [0.1, 0.15) is 32.1 Å². The third kappa shape index (κ3) is 4.44. The number of nitrogens with one attached hydrogen (secondary N) is 1. The van der Waals surface area contributed by atoms with Crippen molar-refractivity contribution in [1.29, 1.82) is 0 Å². The molecule has 1 fully saturated rings. The van der Waals surface area contributed by atoms with Crippen LogP contribution in [0.15, 0.2) is 0 Å². The van der Waals surface area contributed by atoms with Gasteiger partial charge in [0.25, 0.3) is 0 Å². The average Bonchev–Trinajstić information content (AvgIpc) is 2.26. The molecule has 1 aliphatic carbocycles. The van der Waals surface area contributed by atoms with E-state index in [0.29, 0.717) is 12.8 Å². The summed E-state index contributed by atoms with van der Waals surface area (Å²) < 4.78 is 61.0. The van der Waals surface area contributed by atoms with E-state index in [4.69, 9.17) is 5.11 Å². The summed E-state index contributed by atoms with van der Waals surface area (Å²) in [6, 6.07) is 0. The molecule has 0 aromatic carbocycles. The highest BCUT2D eigenvalue weighted by Crippen LogP contribution is 2.24. The van der Waals surface area contributed by atoms with Crippen molar-refractivity contribution in [3.8, 4) is 0 Å². The van der Waals surface area contributed by atoms with E-state index in [1.165, 1.54) is 0 Å². The van der Waals surface area contributed by atoms with Crippen LogP contribution >= 0.6 is 0 Å². The highest BCUT2D eigenvalue weighted by molar-refractivity contribution is 7.90. The molecule has 0 aromatic heterocycles. The van der Waals surface area contributed by atoms with Gasteiger partial charge in [-0.25, -0.2) is 13.1 Å². The summed E-state index contributed by atoms with van der Waals surface area (Å²) >= 11 is 0. The fourth-order valence-corrected chi connectivity index (χ4v) is 3.38. The van der Waals surface area contributed by atoms with Gasteiger partial charge in [-0.05, 0) is 12.8 Å². The maximum atomic E-state index is 12.0. The first-order chi connectivity index (χ1) is 7.73. The van der Waals surface area contributed by atoms with Crippen LogP contribution < -0.4 is 4.72 Å². The van der Waals surface area contributed by atoms with Crippen molar-refractivity contribution in [2.24, 2.45) is 0 Å². The van der Waals surface area contributed by atoms with E-state index >= 15 is 0 Å². The van der Waals surface area contributed by atoms with Crippen molar-refractivity contribution in [3.63, 3.8) is 0 Å². The smallest absolute Gasteiger partial charge is 0.382 e. The van der Waals surface area contributed by atoms with Gasteiger partial charge in [-0.1, -0.05) is 19.3 Å². The van der Waals surface area contributed by atoms with Crippen LogP contribution in [0, 0.1) is 0 Å². The first-order valence-electron chi connectivity index (χ1n) is 5.47. The van der Waals surface area contributed by atoms with Crippen LogP contribution in [0.25, 0.3) is 0 Å². The van der Waals surface area contributed by atoms with Crippen molar-refractivity contribution in [2.45, 2.75) is 49.6 Å². The Hall–Kier alpha value is -0.340. The number of hydrogen-bond acceptors (Lipinski definition) is 3. The van der Waals surface area contributed by atoms with E-state index in [2.05, 4.69) is 0 Å². The maximum Gasteiger partial charge on any atom is 0.415 e. The molecule has 0 saturated heterocycles.